The van der Waals surface area contributed by atoms with E-state index in [1.165, 1.54) is 31.4 Å². The van der Waals surface area contributed by atoms with Crippen LogP contribution < -0.4 is 10.1 Å². The summed E-state index contributed by atoms with van der Waals surface area (Å²) in [4.78, 5) is 18.4. The van der Waals surface area contributed by atoms with Gasteiger partial charge in [0.15, 0.2) is 5.52 Å². The number of hydrogen-bond donors (Lipinski definition) is 2. The molecule has 0 unspecified atom stereocenters. The minimum absolute atomic E-state index is 0.0517. The third-order valence-electron chi connectivity index (χ3n) is 5.00. The lowest BCUT2D eigenvalue weighted by molar-refractivity contribution is -0.383. The first-order valence-corrected chi connectivity index (χ1v) is 9.75. The van der Waals surface area contributed by atoms with Gasteiger partial charge in [0, 0.05) is 11.8 Å². The molecule has 0 amide bonds. The van der Waals surface area contributed by atoms with Crippen molar-refractivity contribution in [2.45, 2.75) is 38.2 Å². The molecule has 0 saturated heterocycles. The average Bonchev–Trinajstić information content (AvgIpc) is 2.71. The highest BCUT2D eigenvalue weighted by atomic mass is 35.5. The Balaban J connectivity index is 1.62. The zero-order valence-corrected chi connectivity index (χ0v) is 16.2. The normalized spacial score (nSPS) is 14.7. The number of nitrogens with zero attached hydrogens (tertiary/aromatic N) is 3. The zero-order valence-electron chi connectivity index (χ0n) is 15.5. The number of fused-ring (bicyclic) bond motifs is 1. The number of rotatable bonds is 5. The molecule has 4 rings (SSSR count). The number of nitrogens with one attached hydrogen (secondary N) is 1. The second kappa shape index (κ2) is 8.08. The Bertz CT molecular complexity index is 1070. The van der Waals surface area contributed by atoms with Gasteiger partial charge in [-0.25, -0.2) is 9.97 Å². The Labute approximate surface area is 171 Å². The van der Waals surface area contributed by atoms with Crippen LogP contribution in [-0.2, 0) is 0 Å². The highest BCUT2D eigenvalue weighted by molar-refractivity contribution is 6.32. The third kappa shape index (κ3) is 4.02. The lowest BCUT2D eigenvalue weighted by Crippen LogP contribution is -2.19. The average molecular weight is 415 g/mol. The number of aromatic nitrogens is 2. The Morgan fingerprint density at radius 3 is 2.69 bits per heavy atom. The van der Waals surface area contributed by atoms with Crippen LogP contribution in [0.4, 0.5) is 17.1 Å². The smallest absolute Gasteiger partial charge is 0.295 e. The molecule has 1 aliphatic rings. The summed E-state index contributed by atoms with van der Waals surface area (Å²) in [7, 11) is 0. The van der Waals surface area contributed by atoms with Gasteiger partial charge in [-0.3, -0.25) is 10.1 Å². The summed E-state index contributed by atoms with van der Waals surface area (Å²) in [5.41, 5.74) is 0.915. The number of ether oxygens (including phenoxy) is 1. The molecule has 3 aromatic rings. The fourth-order valence-electron chi connectivity index (χ4n) is 3.59. The molecule has 2 N–H and O–H groups in total. The molecule has 1 fully saturated rings. The minimum Gasteiger partial charge on any atom is -0.493 e. The first-order chi connectivity index (χ1) is 14.0. The summed E-state index contributed by atoms with van der Waals surface area (Å²) >= 11 is 6.40. The van der Waals surface area contributed by atoms with Gasteiger partial charge in [-0.1, -0.05) is 18.0 Å². The summed E-state index contributed by atoms with van der Waals surface area (Å²) in [5, 5.41) is 25.2. The van der Waals surface area contributed by atoms with E-state index in [-0.39, 0.29) is 28.6 Å². The Morgan fingerprint density at radius 2 is 1.97 bits per heavy atom. The quantitative estimate of drug-likeness (QED) is 0.427. The van der Waals surface area contributed by atoms with Crippen molar-refractivity contribution in [1.29, 1.82) is 0 Å². The lowest BCUT2D eigenvalue weighted by atomic mass is 9.98. The van der Waals surface area contributed by atoms with E-state index in [0.717, 1.165) is 19.2 Å². The van der Waals surface area contributed by atoms with E-state index in [1.807, 2.05) is 0 Å². The molecule has 0 spiro atoms. The fourth-order valence-corrected chi connectivity index (χ4v) is 3.81. The number of halogens is 1. The van der Waals surface area contributed by atoms with E-state index in [0.29, 0.717) is 22.1 Å². The number of nitro benzene ring substituents is 1. The highest BCUT2D eigenvalue weighted by Crippen LogP contribution is 2.37. The van der Waals surface area contributed by atoms with Crippen LogP contribution in [0.5, 0.6) is 11.6 Å². The summed E-state index contributed by atoms with van der Waals surface area (Å²) in [6.07, 6.45) is 6.92. The summed E-state index contributed by atoms with van der Waals surface area (Å²) in [6.45, 7) is 0. The largest absolute Gasteiger partial charge is 0.493 e. The number of non-ortho nitro benzene ring substituents is 1. The molecule has 150 valence electrons. The van der Waals surface area contributed by atoms with Crippen LogP contribution in [0, 0.1) is 10.1 Å². The highest BCUT2D eigenvalue weighted by Gasteiger charge is 2.20. The van der Waals surface area contributed by atoms with Gasteiger partial charge in [0.2, 0.25) is 5.88 Å². The standard InChI is InChI=1S/C20H19ClN4O4/c21-14-10-12(6-9-17(14)29-13-4-2-1-3-5-13)24-15-7-8-16(25(27)28)19-18(15)20(26)23-11-22-19/h6-11,13,24H,1-5H2,(H,22,23,26). The first kappa shape index (κ1) is 19.2. The van der Waals surface area contributed by atoms with Crippen LogP contribution in [0.25, 0.3) is 10.9 Å². The van der Waals surface area contributed by atoms with Crippen LogP contribution in [0.1, 0.15) is 32.1 Å². The van der Waals surface area contributed by atoms with E-state index in [1.54, 1.807) is 18.2 Å². The van der Waals surface area contributed by atoms with E-state index >= 15 is 0 Å². The predicted octanol–water partition coefficient (Wildman–Crippen LogP) is 5.35. The molecular weight excluding hydrogens is 396 g/mol. The Morgan fingerprint density at radius 1 is 1.17 bits per heavy atom. The van der Waals surface area contributed by atoms with Gasteiger partial charge in [0.25, 0.3) is 5.69 Å². The monoisotopic (exact) mass is 414 g/mol. The second-order valence-corrected chi connectivity index (χ2v) is 7.37. The molecule has 0 atom stereocenters. The topological polar surface area (TPSA) is 110 Å². The molecule has 1 aliphatic carbocycles. The van der Waals surface area contributed by atoms with Gasteiger partial charge in [0.1, 0.15) is 12.1 Å². The second-order valence-electron chi connectivity index (χ2n) is 6.96. The number of benzene rings is 2. The number of hydrogen-bond acceptors (Lipinski definition) is 7. The molecule has 1 aromatic heterocycles. The maximum absolute atomic E-state index is 11.3. The van der Waals surface area contributed by atoms with Crippen molar-refractivity contribution in [1.82, 2.24) is 9.97 Å². The summed E-state index contributed by atoms with van der Waals surface area (Å²) in [6, 6.07) is 8.15. The Hall–Kier alpha value is -3.13. The van der Waals surface area contributed by atoms with Crippen molar-refractivity contribution >= 4 is 39.6 Å². The van der Waals surface area contributed by atoms with Crippen LogP contribution in [0.2, 0.25) is 5.02 Å². The predicted molar refractivity (Wildman–Crippen MR) is 110 cm³/mol. The summed E-state index contributed by atoms with van der Waals surface area (Å²) < 4.78 is 6.03. The number of nitro groups is 1. The lowest BCUT2D eigenvalue weighted by Gasteiger charge is -2.23. The van der Waals surface area contributed by atoms with E-state index in [4.69, 9.17) is 16.3 Å². The molecular formula is C20H19ClN4O4. The molecule has 0 bridgehead atoms. The van der Waals surface area contributed by atoms with Crippen LogP contribution in [0.3, 0.4) is 0 Å². The van der Waals surface area contributed by atoms with Crippen LogP contribution >= 0.6 is 11.6 Å². The Kier molecular flexibility index (Phi) is 5.35. The van der Waals surface area contributed by atoms with Gasteiger partial charge in [-0.05, 0) is 49.9 Å². The van der Waals surface area contributed by atoms with Gasteiger partial charge in [0.05, 0.1) is 27.1 Å². The van der Waals surface area contributed by atoms with Crippen molar-refractivity contribution in [2.75, 3.05) is 5.32 Å². The van der Waals surface area contributed by atoms with Crippen molar-refractivity contribution in [3.05, 3.63) is 51.8 Å². The third-order valence-corrected chi connectivity index (χ3v) is 5.30. The van der Waals surface area contributed by atoms with E-state index < -0.39 is 4.92 Å². The van der Waals surface area contributed by atoms with Crippen molar-refractivity contribution < 1.29 is 14.8 Å². The molecule has 8 nitrogen and oxygen atoms in total. The number of anilines is 2. The SMILES string of the molecule is O=[N+]([O-])c1ccc(Nc2ccc(OC3CCCCC3)c(Cl)c2)c2c(O)ncnc12. The van der Waals surface area contributed by atoms with Crippen LogP contribution in [0.15, 0.2) is 36.7 Å². The maximum atomic E-state index is 11.3. The maximum Gasteiger partial charge on any atom is 0.295 e. The van der Waals surface area contributed by atoms with E-state index in [9.17, 15) is 15.2 Å². The molecule has 2 aromatic carbocycles. The molecule has 1 saturated carbocycles. The first-order valence-electron chi connectivity index (χ1n) is 9.37. The minimum atomic E-state index is -0.549. The van der Waals surface area contributed by atoms with Gasteiger partial charge >= 0.3 is 0 Å². The van der Waals surface area contributed by atoms with Gasteiger partial charge in [-0.2, -0.15) is 0 Å². The number of aromatic hydroxyl groups is 1. The molecule has 1 heterocycles. The molecule has 0 radical (unpaired) electrons. The van der Waals surface area contributed by atoms with Crippen molar-refractivity contribution in [3.8, 4) is 11.6 Å². The van der Waals surface area contributed by atoms with Gasteiger partial charge < -0.3 is 15.2 Å². The summed E-state index contributed by atoms with van der Waals surface area (Å²) in [5.74, 6) is 0.286. The van der Waals surface area contributed by atoms with Gasteiger partial charge in [-0.15, -0.1) is 0 Å². The fraction of sp³-hybridized carbons (Fsp3) is 0.300. The molecule has 29 heavy (non-hydrogen) atoms. The zero-order chi connectivity index (χ0) is 20.4. The van der Waals surface area contributed by atoms with Crippen molar-refractivity contribution in [3.63, 3.8) is 0 Å². The van der Waals surface area contributed by atoms with Crippen LogP contribution in [-0.4, -0.2) is 26.1 Å². The molecule has 0 aliphatic heterocycles. The van der Waals surface area contributed by atoms with E-state index in [2.05, 4.69) is 15.3 Å². The molecule has 9 heteroatoms. The van der Waals surface area contributed by atoms with Crippen molar-refractivity contribution in [2.24, 2.45) is 0 Å².